The van der Waals surface area contributed by atoms with Crippen molar-refractivity contribution in [2.75, 3.05) is 13.2 Å². The van der Waals surface area contributed by atoms with Crippen LogP contribution in [0.15, 0.2) is 18.2 Å². The molecular formula is C19H25F2NO5. The lowest BCUT2D eigenvalue weighted by Crippen LogP contribution is -2.76. The SMILES string of the molecule is CCOC1CC(NC(=O)CCCOc2ccc(F)cc2F)(C(=O)O)C1(C)C. The molecule has 1 amide bonds. The first-order chi connectivity index (χ1) is 12.6. The van der Waals surface area contributed by atoms with E-state index in [0.29, 0.717) is 12.7 Å². The quantitative estimate of drug-likeness (QED) is 0.639. The molecule has 1 aliphatic rings. The van der Waals surface area contributed by atoms with Gasteiger partial charge in [0.25, 0.3) is 0 Å². The lowest BCUT2D eigenvalue weighted by molar-refractivity contribution is -0.194. The van der Waals surface area contributed by atoms with Crippen molar-refractivity contribution < 1.29 is 33.0 Å². The van der Waals surface area contributed by atoms with E-state index < -0.39 is 34.5 Å². The Labute approximate surface area is 156 Å². The minimum absolute atomic E-state index is 0.0211. The van der Waals surface area contributed by atoms with E-state index in [1.54, 1.807) is 13.8 Å². The highest BCUT2D eigenvalue weighted by Crippen LogP contribution is 2.51. The number of carbonyl (C=O) groups is 2. The molecular weight excluding hydrogens is 360 g/mol. The number of nitrogens with one attached hydrogen (secondary N) is 1. The van der Waals surface area contributed by atoms with Crippen LogP contribution in [0.1, 0.15) is 40.0 Å². The summed E-state index contributed by atoms with van der Waals surface area (Å²) in [6.45, 7) is 5.85. The summed E-state index contributed by atoms with van der Waals surface area (Å²) in [6.07, 6.45) is 0.233. The van der Waals surface area contributed by atoms with Crippen molar-refractivity contribution in [3.63, 3.8) is 0 Å². The van der Waals surface area contributed by atoms with Gasteiger partial charge in [-0.15, -0.1) is 0 Å². The Hall–Kier alpha value is -2.22. The average molecular weight is 385 g/mol. The second-order valence-corrected chi connectivity index (χ2v) is 7.16. The molecule has 2 N–H and O–H groups in total. The number of aliphatic carboxylic acids is 1. The fraction of sp³-hybridized carbons (Fsp3) is 0.579. The molecule has 0 bridgehead atoms. The molecule has 0 spiro atoms. The number of carboxylic acid groups (broad SMARTS) is 1. The van der Waals surface area contributed by atoms with Gasteiger partial charge >= 0.3 is 5.97 Å². The third-order valence-corrected chi connectivity index (χ3v) is 5.18. The van der Waals surface area contributed by atoms with Gasteiger partial charge in [-0.2, -0.15) is 0 Å². The third kappa shape index (κ3) is 4.21. The van der Waals surface area contributed by atoms with Crippen LogP contribution in [0, 0.1) is 17.0 Å². The van der Waals surface area contributed by atoms with Gasteiger partial charge in [0.1, 0.15) is 11.4 Å². The zero-order chi connectivity index (χ0) is 20.2. The largest absolute Gasteiger partial charge is 0.491 e. The van der Waals surface area contributed by atoms with Gasteiger partial charge in [0.2, 0.25) is 5.91 Å². The zero-order valence-electron chi connectivity index (χ0n) is 15.7. The predicted octanol–water partition coefficient (Wildman–Crippen LogP) is 2.90. The first kappa shape index (κ1) is 21.1. The van der Waals surface area contributed by atoms with E-state index in [0.717, 1.165) is 6.07 Å². The Kier molecular flexibility index (Phi) is 6.41. The third-order valence-electron chi connectivity index (χ3n) is 5.18. The van der Waals surface area contributed by atoms with Crippen molar-refractivity contribution in [2.45, 2.75) is 51.7 Å². The van der Waals surface area contributed by atoms with Gasteiger partial charge in [0, 0.05) is 30.9 Å². The molecule has 0 aromatic heterocycles. The van der Waals surface area contributed by atoms with Crippen LogP contribution in [0.2, 0.25) is 0 Å². The minimum atomic E-state index is -1.38. The van der Waals surface area contributed by atoms with E-state index >= 15 is 0 Å². The summed E-state index contributed by atoms with van der Waals surface area (Å²) in [7, 11) is 0. The highest BCUT2D eigenvalue weighted by Gasteiger charge is 2.66. The molecule has 1 fully saturated rings. The van der Waals surface area contributed by atoms with Crippen LogP contribution in [-0.2, 0) is 14.3 Å². The van der Waals surface area contributed by atoms with E-state index in [9.17, 15) is 23.5 Å². The summed E-state index contributed by atoms with van der Waals surface area (Å²) < 4.78 is 37.0. The van der Waals surface area contributed by atoms with Crippen molar-refractivity contribution in [3.8, 4) is 5.75 Å². The van der Waals surface area contributed by atoms with Crippen molar-refractivity contribution in [3.05, 3.63) is 29.8 Å². The maximum absolute atomic E-state index is 13.5. The van der Waals surface area contributed by atoms with Crippen LogP contribution in [-0.4, -0.2) is 41.8 Å². The van der Waals surface area contributed by atoms with E-state index in [2.05, 4.69) is 5.32 Å². The normalized spacial score (nSPS) is 23.4. The van der Waals surface area contributed by atoms with Crippen molar-refractivity contribution in [2.24, 2.45) is 5.41 Å². The Morgan fingerprint density at radius 3 is 2.59 bits per heavy atom. The molecule has 0 heterocycles. The van der Waals surface area contributed by atoms with Crippen molar-refractivity contribution >= 4 is 11.9 Å². The van der Waals surface area contributed by atoms with Gasteiger partial charge < -0.3 is 19.9 Å². The number of hydrogen-bond acceptors (Lipinski definition) is 4. The molecule has 2 unspecified atom stereocenters. The molecule has 1 aromatic rings. The maximum Gasteiger partial charge on any atom is 0.330 e. The number of rotatable bonds is 9. The van der Waals surface area contributed by atoms with Crippen LogP contribution < -0.4 is 10.1 Å². The molecule has 8 heteroatoms. The van der Waals surface area contributed by atoms with Crippen LogP contribution in [0.4, 0.5) is 8.78 Å². The number of hydrogen-bond donors (Lipinski definition) is 2. The number of ether oxygens (including phenoxy) is 2. The fourth-order valence-electron chi connectivity index (χ4n) is 3.34. The number of benzene rings is 1. The molecule has 2 rings (SSSR count). The van der Waals surface area contributed by atoms with Gasteiger partial charge in [-0.1, -0.05) is 13.8 Å². The van der Waals surface area contributed by atoms with Gasteiger partial charge in [0.05, 0.1) is 12.7 Å². The van der Waals surface area contributed by atoms with Crippen LogP contribution >= 0.6 is 0 Å². The molecule has 27 heavy (non-hydrogen) atoms. The Morgan fingerprint density at radius 1 is 1.33 bits per heavy atom. The van der Waals surface area contributed by atoms with Crippen molar-refractivity contribution in [1.29, 1.82) is 0 Å². The van der Waals surface area contributed by atoms with Gasteiger partial charge in [-0.05, 0) is 25.5 Å². The highest BCUT2D eigenvalue weighted by molar-refractivity contribution is 5.89. The topological polar surface area (TPSA) is 84.9 Å². The second-order valence-electron chi connectivity index (χ2n) is 7.16. The van der Waals surface area contributed by atoms with Crippen LogP contribution in [0.3, 0.4) is 0 Å². The molecule has 0 radical (unpaired) electrons. The molecule has 1 aromatic carbocycles. The summed E-state index contributed by atoms with van der Waals surface area (Å²) in [5.41, 5.74) is -2.13. The Bertz CT molecular complexity index is 709. The summed E-state index contributed by atoms with van der Waals surface area (Å²) in [5.74, 6) is -3.14. The van der Waals surface area contributed by atoms with Gasteiger partial charge in [0.15, 0.2) is 11.6 Å². The molecule has 1 saturated carbocycles. The predicted molar refractivity (Wildman–Crippen MR) is 93.4 cm³/mol. The van der Waals surface area contributed by atoms with E-state index in [-0.39, 0.29) is 37.7 Å². The molecule has 0 saturated heterocycles. The number of halogens is 2. The molecule has 2 atom stereocenters. The molecule has 150 valence electrons. The standard InChI is InChI=1S/C19H25F2NO5/c1-4-26-15-11-19(17(24)25,18(15,2)3)22-16(23)6-5-9-27-14-8-7-12(20)10-13(14)21/h7-8,10,15H,4-6,9,11H2,1-3H3,(H,22,23)(H,24,25). The van der Waals surface area contributed by atoms with Gasteiger partial charge in [-0.25, -0.2) is 13.6 Å². The van der Waals surface area contributed by atoms with E-state index in [4.69, 9.17) is 9.47 Å². The monoisotopic (exact) mass is 385 g/mol. The van der Waals surface area contributed by atoms with Crippen molar-refractivity contribution in [1.82, 2.24) is 5.32 Å². The molecule has 6 nitrogen and oxygen atoms in total. The number of amides is 1. The van der Waals surface area contributed by atoms with Gasteiger partial charge in [-0.3, -0.25) is 4.79 Å². The maximum atomic E-state index is 13.5. The van der Waals surface area contributed by atoms with Crippen LogP contribution in [0.25, 0.3) is 0 Å². The second kappa shape index (κ2) is 8.21. The first-order valence-electron chi connectivity index (χ1n) is 8.88. The highest BCUT2D eigenvalue weighted by atomic mass is 19.1. The summed E-state index contributed by atoms with van der Waals surface area (Å²) in [4.78, 5) is 24.1. The van der Waals surface area contributed by atoms with E-state index in [1.165, 1.54) is 6.07 Å². The van der Waals surface area contributed by atoms with Crippen LogP contribution in [0.5, 0.6) is 5.75 Å². The molecule has 0 aliphatic heterocycles. The zero-order valence-corrected chi connectivity index (χ0v) is 15.7. The minimum Gasteiger partial charge on any atom is -0.491 e. The lowest BCUT2D eigenvalue weighted by Gasteiger charge is -2.58. The number of carboxylic acids is 1. The number of carbonyl (C=O) groups excluding carboxylic acids is 1. The molecule has 1 aliphatic carbocycles. The first-order valence-corrected chi connectivity index (χ1v) is 8.88. The summed E-state index contributed by atoms with van der Waals surface area (Å²) in [5, 5.41) is 12.3. The summed E-state index contributed by atoms with van der Waals surface area (Å²) >= 11 is 0. The smallest absolute Gasteiger partial charge is 0.330 e. The Morgan fingerprint density at radius 2 is 2.04 bits per heavy atom. The Balaban J connectivity index is 1.86. The van der Waals surface area contributed by atoms with E-state index in [1.807, 2.05) is 6.92 Å². The average Bonchev–Trinajstić information content (AvgIpc) is 2.58. The fourth-order valence-corrected chi connectivity index (χ4v) is 3.34. The summed E-state index contributed by atoms with van der Waals surface area (Å²) in [6, 6.07) is 2.97. The lowest BCUT2D eigenvalue weighted by atomic mass is 9.54.